The van der Waals surface area contributed by atoms with Gasteiger partial charge in [0.25, 0.3) is 0 Å². The van der Waals surface area contributed by atoms with E-state index in [1.54, 1.807) is 12.3 Å². The molecule has 0 spiro atoms. The van der Waals surface area contributed by atoms with E-state index in [1.807, 2.05) is 51.1 Å². The topological polar surface area (TPSA) is 51.5 Å². The Morgan fingerprint density at radius 1 is 1.35 bits per heavy atom. The lowest BCUT2D eigenvalue weighted by molar-refractivity contribution is 0.0544. The van der Waals surface area contributed by atoms with Crippen LogP contribution >= 0.6 is 0 Å². The number of rotatable bonds is 2. The van der Waals surface area contributed by atoms with Gasteiger partial charge in [0, 0.05) is 11.6 Å². The van der Waals surface area contributed by atoms with Gasteiger partial charge in [0.2, 0.25) is 0 Å². The van der Waals surface area contributed by atoms with E-state index in [0.717, 1.165) is 16.5 Å². The van der Waals surface area contributed by atoms with Crippen LogP contribution in [0.1, 0.15) is 26.3 Å². The Morgan fingerprint density at radius 3 is 2.75 bits per heavy atom. The number of hydrogen-bond acceptors (Lipinski definition) is 3. The number of nitrogens with zero attached hydrogens (tertiary/aromatic N) is 1. The van der Waals surface area contributed by atoms with Crippen LogP contribution in [0.2, 0.25) is 0 Å². The number of carbonyl (C=O) groups excluding carboxylic acids is 1. The summed E-state index contributed by atoms with van der Waals surface area (Å²) in [5.41, 5.74) is 1.27. The van der Waals surface area contributed by atoms with Crippen LogP contribution in [0.15, 0.2) is 36.5 Å². The third-order valence-electron chi connectivity index (χ3n) is 2.72. The van der Waals surface area contributed by atoms with Crippen molar-refractivity contribution in [3.63, 3.8) is 0 Å². The molecule has 0 amide bonds. The van der Waals surface area contributed by atoms with Gasteiger partial charge in [0.15, 0.2) is 0 Å². The highest BCUT2D eigenvalue weighted by atomic mass is 16.6. The van der Waals surface area contributed by atoms with Gasteiger partial charge in [-0.2, -0.15) is 0 Å². The number of ether oxygens (including phenoxy) is 1. The molecule has 2 aromatic rings. The molecule has 0 aliphatic heterocycles. The second kappa shape index (κ2) is 5.51. The first kappa shape index (κ1) is 14.3. The third-order valence-corrected chi connectivity index (χ3v) is 2.72. The van der Waals surface area contributed by atoms with Gasteiger partial charge < -0.3 is 9.84 Å². The Morgan fingerprint density at radius 2 is 2.10 bits per heavy atom. The molecule has 0 atom stereocenters. The molecule has 2 rings (SSSR count). The zero-order valence-corrected chi connectivity index (χ0v) is 12.0. The molecule has 0 aliphatic rings. The lowest BCUT2D eigenvalue weighted by Crippen LogP contribution is -2.26. The third kappa shape index (κ3) is 3.27. The maximum absolute atomic E-state index is 12.1. The van der Waals surface area contributed by atoms with Crippen LogP contribution in [-0.2, 0) is 4.74 Å². The maximum Gasteiger partial charge on any atom is 0.418 e. The predicted octanol–water partition coefficient (Wildman–Crippen LogP) is 3.43. The fraction of sp³-hybridized carbons (Fsp3) is 0.312. The highest BCUT2D eigenvalue weighted by Gasteiger charge is 2.18. The number of hydrogen-bond donors (Lipinski definition) is 1. The van der Waals surface area contributed by atoms with E-state index < -0.39 is 5.60 Å². The summed E-state index contributed by atoms with van der Waals surface area (Å²) in [6.45, 7) is 5.54. The Bertz CT molecular complexity index is 647. The van der Waals surface area contributed by atoms with Crippen LogP contribution < -0.4 is 0 Å². The summed E-state index contributed by atoms with van der Waals surface area (Å²) < 4.78 is 6.86. The molecule has 4 nitrogen and oxygen atoms in total. The van der Waals surface area contributed by atoms with Crippen LogP contribution in [0.4, 0.5) is 4.79 Å². The van der Waals surface area contributed by atoms with Gasteiger partial charge in [-0.05, 0) is 44.5 Å². The van der Waals surface area contributed by atoms with Gasteiger partial charge in [0.05, 0.1) is 12.1 Å². The van der Waals surface area contributed by atoms with Crippen molar-refractivity contribution in [2.24, 2.45) is 0 Å². The van der Waals surface area contributed by atoms with E-state index in [2.05, 4.69) is 0 Å². The van der Waals surface area contributed by atoms with E-state index in [-0.39, 0.29) is 12.7 Å². The summed E-state index contributed by atoms with van der Waals surface area (Å²) >= 11 is 0. The zero-order chi connectivity index (χ0) is 14.8. The smallest absolute Gasteiger partial charge is 0.418 e. The summed E-state index contributed by atoms with van der Waals surface area (Å²) in [6.07, 6.45) is 4.83. The first-order chi connectivity index (χ1) is 9.40. The van der Waals surface area contributed by atoms with Crippen LogP contribution in [0, 0.1) is 0 Å². The van der Waals surface area contributed by atoms with Crippen molar-refractivity contribution < 1.29 is 14.6 Å². The standard InChI is InChI=1S/C16H19NO3/c1-16(2,3)20-15(19)17-9-8-13-11-12(5-4-10-18)6-7-14(13)17/h4-9,11,18H,10H2,1-3H3/b5-4+. The number of aliphatic hydroxyl groups excluding tert-OH is 1. The van der Waals surface area contributed by atoms with E-state index in [0.29, 0.717) is 0 Å². The quantitative estimate of drug-likeness (QED) is 0.912. The van der Waals surface area contributed by atoms with Crippen molar-refractivity contribution in [1.29, 1.82) is 0 Å². The van der Waals surface area contributed by atoms with Crippen molar-refractivity contribution >= 4 is 23.1 Å². The first-order valence-electron chi connectivity index (χ1n) is 6.52. The summed E-state index contributed by atoms with van der Waals surface area (Å²) in [5.74, 6) is 0. The van der Waals surface area contributed by atoms with Crippen molar-refractivity contribution in [3.8, 4) is 0 Å². The van der Waals surface area contributed by atoms with Gasteiger partial charge in [-0.25, -0.2) is 4.79 Å². The number of aliphatic hydroxyl groups is 1. The van der Waals surface area contributed by atoms with Crippen molar-refractivity contribution in [2.75, 3.05) is 6.61 Å². The fourth-order valence-corrected chi connectivity index (χ4v) is 1.92. The Kier molecular flexibility index (Phi) is 3.95. The van der Waals surface area contributed by atoms with Crippen LogP contribution in [0.3, 0.4) is 0 Å². The normalized spacial score (nSPS) is 12.2. The number of carbonyl (C=O) groups is 1. The minimum atomic E-state index is -0.516. The predicted molar refractivity (Wildman–Crippen MR) is 79.7 cm³/mol. The van der Waals surface area contributed by atoms with Crippen LogP contribution in [-0.4, -0.2) is 28.0 Å². The molecule has 0 bridgehead atoms. The van der Waals surface area contributed by atoms with Crippen molar-refractivity contribution in [1.82, 2.24) is 4.57 Å². The van der Waals surface area contributed by atoms with Crippen molar-refractivity contribution in [2.45, 2.75) is 26.4 Å². The lowest BCUT2D eigenvalue weighted by atomic mass is 10.1. The van der Waals surface area contributed by atoms with E-state index >= 15 is 0 Å². The largest absolute Gasteiger partial charge is 0.443 e. The SMILES string of the molecule is CC(C)(C)OC(=O)n1ccc2cc(/C=C/CO)ccc21. The molecule has 0 radical (unpaired) electrons. The molecule has 0 aliphatic carbocycles. The number of benzene rings is 1. The minimum Gasteiger partial charge on any atom is -0.443 e. The molecule has 106 valence electrons. The first-order valence-corrected chi connectivity index (χ1v) is 6.52. The molecule has 1 heterocycles. The summed E-state index contributed by atoms with van der Waals surface area (Å²) in [7, 11) is 0. The molecule has 0 fully saturated rings. The molecule has 20 heavy (non-hydrogen) atoms. The van der Waals surface area contributed by atoms with E-state index in [4.69, 9.17) is 9.84 Å². The molecule has 0 unspecified atom stereocenters. The van der Waals surface area contributed by atoms with E-state index in [1.165, 1.54) is 4.57 Å². The van der Waals surface area contributed by atoms with Crippen molar-refractivity contribution in [3.05, 3.63) is 42.1 Å². The van der Waals surface area contributed by atoms with Gasteiger partial charge in [-0.3, -0.25) is 4.57 Å². The van der Waals surface area contributed by atoms with Crippen LogP contribution in [0.5, 0.6) is 0 Å². The Hall–Kier alpha value is -2.07. The van der Waals surface area contributed by atoms with Gasteiger partial charge in [-0.1, -0.05) is 18.2 Å². The molecular formula is C16H19NO3. The monoisotopic (exact) mass is 273 g/mol. The average molecular weight is 273 g/mol. The zero-order valence-electron chi connectivity index (χ0n) is 12.0. The number of aromatic nitrogens is 1. The molecule has 0 saturated carbocycles. The fourth-order valence-electron chi connectivity index (χ4n) is 1.92. The average Bonchev–Trinajstić information content (AvgIpc) is 2.77. The van der Waals surface area contributed by atoms with Gasteiger partial charge in [-0.15, -0.1) is 0 Å². The number of fused-ring (bicyclic) bond motifs is 1. The molecule has 1 aromatic carbocycles. The molecular weight excluding hydrogens is 254 g/mol. The maximum atomic E-state index is 12.1. The lowest BCUT2D eigenvalue weighted by Gasteiger charge is -2.19. The summed E-state index contributed by atoms with van der Waals surface area (Å²) in [5, 5.41) is 9.73. The summed E-state index contributed by atoms with van der Waals surface area (Å²) in [6, 6.07) is 7.60. The van der Waals surface area contributed by atoms with Gasteiger partial charge >= 0.3 is 6.09 Å². The Balaban J connectivity index is 2.33. The molecule has 1 aromatic heterocycles. The van der Waals surface area contributed by atoms with Gasteiger partial charge in [0.1, 0.15) is 5.60 Å². The minimum absolute atomic E-state index is 0.0109. The van der Waals surface area contributed by atoms with Crippen LogP contribution in [0.25, 0.3) is 17.0 Å². The molecule has 4 heteroatoms. The molecule has 0 saturated heterocycles. The Labute approximate surface area is 118 Å². The second-order valence-corrected chi connectivity index (χ2v) is 5.57. The highest BCUT2D eigenvalue weighted by Crippen LogP contribution is 2.20. The summed E-state index contributed by atoms with van der Waals surface area (Å²) in [4.78, 5) is 12.1. The molecule has 1 N–H and O–H groups in total. The van der Waals surface area contributed by atoms with E-state index in [9.17, 15) is 4.79 Å². The highest BCUT2D eigenvalue weighted by molar-refractivity contribution is 5.90. The second-order valence-electron chi connectivity index (χ2n) is 5.57.